The SMILES string of the molecule is CC(C)(C)OC(=O)C1CCN([I-]CNc2cc(Nc3cc(-c4cc(Cl)ccc4F)nnc3COCCOI)ncn2)CC1. The van der Waals surface area contributed by atoms with E-state index in [2.05, 4.69) is 33.9 Å². The quantitative estimate of drug-likeness (QED) is 0.0661. The Bertz CT molecular complexity index is 1380. The van der Waals surface area contributed by atoms with Crippen molar-refractivity contribution in [1.29, 1.82) is 0 Å². The number of carbonyl (C=O) groups excluding carboxylic acids is 1. The van der Waals surface area contributed by atoms with Crippen LogP contribution < -0.4 is 32.1 Å². The Morgan fingerprint density at radius 3 is 2.65 bits per heavy atom. The number of carbonyl (C=O) groups is 1. The van der Waals surface area contributed by atoms with Crippen molar-refractivity contribution < 1.29 is 43.2 Å². The van der Waals surface area contributed by atoms with Gasteiger partial charge >= 0.3 is 238 Å². The van der Waals surface area contributed by atoms with E-state index in [-0.39, 0.29) is 45.5 Å². The standard InChI is InChI=1S/C28H34ClFI2N7O4/c1-28(2,3)43-27(40)18-6-8-39(9-7-18)32-16-33-25-14-26(35-17-34-25)36-23-13-22(20-12-19(29)4-5-21(20)30)37-38-24(23)15-41-10-11-42-31/h4-5,12-14,17-18H,6-11,15-16H2,1-3H3,(H2,33,34,35,36,37)/q-1. The van der Waals surface area contributed by atoms with Crippen LogP contribution in [0.5, 0.6) is 0 Å². The second kappa shape index (κ2) is 16.4. The average Bonchev–Trinajstić information content (AvgIpc) is 2.97. The Kier molecular flexibility index (Phi) is 12.9. The first-order chi connectivity index (χ1) is 20.6. The van der Waals surface area contributed by atoms with Gasteiger partial charge in [0.1, 0.15) is 23.0 Å². The van der Waals surface area contributed by atoms with E-state index >= 15 is 0 Å². The molecule has 0 atom stereocenters. The minimum absolute atomic E-state index is 0.0311. The molecule has 0 unspecified atom stereocenters. The molecule has 3 heterocycles. The van der Waals surface area contributed by atoms with E-state index in [1.165, 1.54) is 24.5 Å². The topological polar surface area (TPSA) is 124 Å². The Balaban J connectivity index is 1.37. The molecule has 0 bridgehead atoms. The number of esters is 1. The number of nitrogens with one attached hydrogen (secondary N) is 2. The first-order valence-corrected chi connectivity index (χ1v) is 17.4. The first-order valence-electron chi connectivity index (χ1n) is 13.6. The molecule has 4 rings (SSSR count). The van der Waals surface area contributed by atoms with Crippen LogP contribution in [-0.4, -0.2) is 65.7 Å². The van der Waals surface area contributed by atoms with Gasteiger partial charge in [0.15, 0.2) is 0 Å². The molecule has 0 spiro atoms. The summed E-state index contributed by atoms with van der Waals surface area (Å²) < 4.78 is 34.0. The number of piperidine rings is 1. The molecule has 0 amide bonds. The molecule has 1 saturated heterocycles. The summed E-state index contributed by atoms with van der Waals surface area (Å²) in [5.41, 5.74) is 1.17. The summed E-state index contributed by atoms with van der Waals surface area (Å²) in [6.07, 6.45) is 3.10. The number of anilines is 3. The molecule has 2 N–H and O–H groups in total. The van der Waals surface area contributed by atoms with Crippen molar-refractivity contribution in [1.82, 2.24) is 23.3 Å². The molecule has 1 aromatic carbocycles. The van der Waals surface area contributed by atoms with Gasteiger partial charge in [0.05, 0.1) is 0 Å². The zero-order chi connectivity index (χ0) is 30.8. The Morgan fingerprint density at radius 2 is 1.91 bits per heavy atom. The van der Waals surface area contributed by atoms with E-state index < -0.39 is 11.4 Å². The number of hydrogen-bond donors (Lipinski definition) is 2. The molecule has 3 aromatic rings. The number of rotatable bonds is 13. The molecular formula is C28H34ClFI2N7O4-. The van der Waals surface area contributed by atoms with E-state index in [1.54, 1.807) is 12.1 Å². The predicted molar refractivity (Wildman–Crippen MR) is 166 cm³/mol. The molecule has 0 saturated carbocycles. The number of halogens is 4. The second-order valence-electron chi connectivity index (χ2n) is 10.6. The number of ether oxygens (including phenoxy) is 2. The fourth-order valence-electron chi connectivity index (χ4n) is 4.15. The molecule has 1 aliphatic heterocycles. The predicted octanol–water partition coefficient (Wildman–Crippen LogP) is 2.78. The molecule has 43 heavy (non-hydrogen) atoms. The van der Waals surface area contributed by atoms with E-state index in [9.17, 15) is 9.18 Å². The number of hydrogen-bond acceptors (Lipinski definition) is 11. The zero-order valence-corrected chi connectivity index (χ0v) is 29.2. The number of nitrogens with zero attached hydrogens (tertiary/aromatic N) is 5. The van der Waals surface area contributed by atoms with E-state index in [0.717, 1.165) is 30.5 Å². The molecule has 0 radical (unpaired) electrons. The zero-order valence-electron chi connectivity index (χ0n) is 24.1. The minimum atomic E-state index is -0.460. The second-order valence-corrected chi connectivity index (χ2v) is 14.5. The van der Waals surface area contributed by atoms with Gasteiger partial charge < -0.3 is 3.07 Å². The Hall–Kier alpha value is -1.99. The van der Waals surface area contributed by atoms with Gasteiger partial charge in [-0.25, -0.2) is 0 Å². The molecule has 11 nitrogen and oxygen atoms in total. The van der Waals surface area contributed by atoms with Crippen LogP contribution in [0.1, 0.15) is 39.3 Å². The average molecular weight is 841 g/mol. The maximum atomic E-state index is 14.6. The summed E-state index contributed by atoms with van der Waals surface area (Å²) >= 11 is 7.61. The van der Waals surface area contributed by atoms with Gasteiger partial charge in [0, 0.05) is 0 Å². The summed E-state index contributed by atoms with van der Waals surface area (Å²) in [7, 11) is 0. The number of aromatic nitrogens is 4. The summed E-state index contributed by atoms with van der Waals surface area (Å²) in [4.78, 5) is 21.1. The number of benzene rings is 1. The molecule has 234 valence electrons. The molecule has 1 aliphatic rings. The van der Waals surface area contributed by atoms with Gasteiger partial charge in [-0.1, -0.05) is 11.6 Å². The van der Waals surface area contributed by atoms with Crippen LogP contribution in [0.3, 0.4) is 0 Å². The van der Waals surface area contributed by atoms with Crippen molar-refractivity contribution in [3.05, 3.63) is 53.2 Å². The van der Waals surface area contributed by atoms with Gasteiger partial charge in [-0.15, -0.1) is 0 Å². The van der Waals surface area contributed by atoms with Gasteiger partial charge in [-0.05, 0) is 6.07 Å². The van der Waals surface area contributed by atoms with E-state index in [1.807, 2.05) is 43.8 Å². The van der Waals surface area contributed by atoms with Gasteiger partial charge in [0.25, 0.3) is 0 Å². The van der Waals surface area contributed by atoms with Crippen molar-refractivity contribution in [3.63, 3.8) is 0 Å². The van der Waals surface area contributed by atoms with Crippen LogP contribution in [-0.2, 0) is 23.9 Å². The van der Waals surface area contributed by atoms with Crippen molar-refractivity contribution in [3.8, 4) is 11.3 Å². The van der Waals surface area contributed by atoms with Crippen LogP contribution in [0, 0.1) is 11.7 Å². The van der Waals surface area contributed by atoms with Gasteiger partial charge in [0.2, 0.25) is 0 Å². The summed E-state index contributed by atoms with van der Waals surface area (Å²) in [6.45, 7) is 8.43. The van der Waals surface area contributed by atoms with Crippen LogP contribution in [0.4, 0.5) is 21.7 Å². The Labute approximate surface area is 280 Å². The molecule has 15 heteroatoms. The van der Waals surface area contributed by atoms with Gasteiger partial charge in [-0.2, -0.15) is 0 Å². The summed E-state index contributed by atoms with van der Waals surface area (Å²) in [5.74, 6) is 0.607. The fourth-order valence-corrected chi connectivity index (χ4v) is 6.78. The van der Waals surface area contributed by atoms with Crippen molar-refractivity contribution in [2.45, 2.75) is 45.8 Å². The maximum absolute atomic E-state index is 14.6. The fraction of sp³-hybridized carbons (Fsp3) is 0.464. The monoisotopic (exact) mass is 840 g/mol. The normalized spacial score (nSPS) is 14.6. The van der Waals surface area contributed by atoms with Crippen LogP contribution in [0.15, 0.2) is 36.7 Å². The van der Waals surface area contributed by atoms with Crippen LogP contribution in [0.2, 0.25) is 5.02 Å². The number of alkyl halides is 1. The molecule has 0 aliphatic carbocycles. The van der Waals surface area contributed by atoms with E-state index in [0.29, 0.717) is 46.9 Å². The van der Waals surface area contributed by atoms with E-state index in [4.69, 9.17) is 24.1 Å². The Morgan fingerprint density at radius 1 is 1.14 bits per heavy atom. The van der Waals surface area contributed by atoms with Gasteiger partial charge in [-0.3, -0.25) is 0 Å². The van der Waals surface area contributed by atoms with Crippen LogP contribution in [0.25, 0.3) is 11.3 Å². The van der Waals surface area contributed by atoms with Crippen molar-refractivity contribution >= 4 is 57.9 Å². The van der Waals surface area contributed by atoms with Crippen molar-refractivity contribution in [2.75, 3.05) is 41.5 Å². The third-order valence-electron chi connectivity index (χ3n) is 6.21. The summed E-state index contributed by atoms with van der Waals surface area (Å²) in [6, 6.07) is 7.77. The summed E-state index contributed by atoms with van der Waals surface area (Å²) in [5, 5.41) is 15.6. The van der Waals surface area contributed by atoms with Crippen molar-refractivity contribution in [2.24, 2.45) is 5.92 Å². The molecular weight excluding hydrogens is 807 g/mol. The molecule has 2 aromatic heterocycles. The first kappa shape index (κ1) is 33.9. The third kappa shape index (κ3) is 10.8. The molecule has 1 fully saturated rings. The van der Waals surface area contributed by atoms with Crippen LogP contribution >= 0.6 is 34.6 Å². The third-order valence-corrected chi connectivity index (χ3v) is 9.53.